The van der Waals surface area contributed by atoms with E-state index in [2.05, 4.69) is 15.5 Å². The molecule has 108 valence electrons. The zero-order valence-electron chi connectivity index (χ0n) is 11.6. The third kappa shape index (κ3) is 3.45. The Hall–Kier alpha value is -1.14. The van der Waals surface area contributed by atoms with Crippen molar-refractivity contribution in [3.8, 4) is 0 Å². The average Bonchev–Trinajstić information content (AvgIpc) is 3.22. The van der Waals surface area contributed by atoms with Gasteiger partial charge in [-0.2, -0.15) is 0 Å². The van der Waals surface area contributed by atoms with Crippen molar-refractivity contribution in [3.05, 3.63) is 0 Å². The molecule has 0 aromatic carbocycles. The third-order valence-corrected chi connectivity index (χ3v) is 4.29. The van der Waals surface area contributed by atoms with Gasteiger partial charge in [-0.05, 0) is 25.7 Å². The molecule has 1 saturated carbocycles. The van der Waals surface area contributed by atoms with Gasteiger partial charge >= 0.3 is 0 Å². The number of amides is 2. The second kappa shape index (κ2) is 5.88. The Kier molecular flexibility index (Phi) is 4.42. The van der Waals surface area contributed by atoms with Gasteiger partial charge in [0.15, 0.2) is 0 Å². The number of nitrogens with zero attached hydrogens (tertiary/aromatic N) is 1. The molecule has 0 spiro atoms. The van der Waals surface area contributed by atoms with E-state index < -0.39 is 0 Å². The minimum Gasteiger partial charge on any atom is -0.358 e. The van der Waals surface area contributed by atoms with Gasteiger partial charge in [0.05, 0.1) is 12.0 Å². The fourth-order valence-corrected chi connectivity index (χ4v) is 2.53. The fraction of sp³-hybridized carbons (Fsp3) is 0.846. The summed E-state index contributed by atoms with van der Waals surface area (Å²) in [5.41, 5.74) is 5.39. The highest BCUT2D eigenvalue weighted by molar-refractivity contribution is 5.85. The van der Waals surface area contributed by atoms with Crippen LogP contribution in [-0.2, 0) is 9.59 Å². The maximum atomic E-state index is 12.1. The molecule has 2 rings (SSSR count). The highest BCUT2D eigenvalue weighted by atomic mass is 16.2. The summed E-state index contributed by atoms with van der Waals surface area (Å²) < 4.78 is 0. The number of likely N-dealkylation sites (tertiary alicyclic amines) is 1. The molecule has 4 N–H and O–H groups in total. The van der Waals surface area contributed by atoms with Gasteiger partial charge in [0.25, 0.3) is 0 Å². The first kappa shape index (κ1) is 14.3. The number of hydrogen-bond acceptors (Lipinski definition) is 4. The molecule has 1 aliphatic carbocycles. The van der Waals surface area contributed by atoms with Gasteiger partial charge in [-0.25, -0.2) is 0 Å². The summed E-state index contributed by atoms with van der Waals surface area (Å²) in [6, 6.07) is 0.234. The Labute approximate surface area is 114 Å². The Morgan fingerprint density at radius 1 is 1.32 bits per heavy atom. The average molecular weight is 268 g/mol. The van der Waals surface area contributed by atoms with Crippen molar-refractivity contribution in [2.24, 2.45) is 11.1 Å². The monoisotopic (exact) mass is 268 g/mol. The number of carbonyl (C=O) groups is 2. The van der Waals surface area contributed by atoms with Gasteiger partial charge in [0, 0.05) is 32.7 Å². The summed E-state index contributed by atoms with van der Waals surface area (Å²) in [5.74, 6) is 0.169. The summed E-state index contributed by atoms with van der Waals surface area (Å²) in [4.78, 5) is 25.5. The van der Waals surface area contributed by atoms with Crippen LogP contribution < -0.4 is 16.4 Å². The fourth-order valence-electron chi connectivity index (χ4n) is 2.53. The smallest absolute Gasteiger partial charge is 0.233 e. The topological polar surface area (TPSA) is 87.5 Å². The van der Waals surface area contributed by atoms with E-state index >= 15 is 0 Å². The predicted molar refractivity (Wildman–Crippen MR) is 72.4 cm³/mol. The molecule has 1 saturated heterocycles. The van der Waals surface area contributed by atoms with Crippen molar-refractivity contribution < 1.29 is 9.59 Å². The summed E-state index contributed by atoms with van der Waals surface area (Å²) in [5, 5.41) is 5.74. The summed E-state index contributed by atoms with van der Waals surface area (Å²) in [6.07, 6.45) is 3.66. The van der Waals surface area contributed by atoms with Crippen LogP contribution in [0.5, 0.6) is 0 Å². The van der Waals surface area contributed by atoms with E-state index in [1.165, 1.54) is 0 Å². The van der Waals surface area contributed by atoms with E-state index in [0.29, 0.717) is 13.1 Å². The van der Waals surface area contributed by atoms with Crippen LogP contribution in [0.25, 0.3) is 0 Å². The van der Waals surface area contributed by atoms with Crippen LogP contribution in [0.3, 0.4) is 0 Å². The molecule has 2 fully saturated rings. The molecule has 0 aromatic heterocycles. The second-order valence-corrected chi connectivity index (χ2v) is 5.68. The highest BCUT2D eigenvalue weighted by Gasteiger charge is 2.48. The maximum absolute atomic E-state index is 12.1. The SMILES string of the molecule is CNC(=O)CN1CCC(NC(=O)C2(CN)CC2)CC1. The van der Waals surface area contributed by atoms with Crippen molar-refractivity contribution in [1.82, 2.24) is 15.5 Å². The van der Waals surface area contributed by atoms with Gasteiger partial charge in [-0.3, -0.25) is 14.5 Å². The standard InChI is InChI=1S/C13H24N4O2/c1-15-11(18)8-17-6-2-10(3-7-17)16-12(19)13(9-14)4-5-13/h10H,2-9,14H2,1H3,(H,15,18)(H,16,19). The normalized spacial score (nSPS) is 22.8. The highest BCUT2D eigenvalue weighted by Crippen LogP contribution is 2.44. The van der Waals surface area contributed by atoms with E-state index in [1.807, 2.05) is 0 Å². The van der Waals surface area contributed by atoms with E-state index in [1.54, 1.807) is 7.05 Å². The van der Waals surface area contributed by atoms with Gasteiger partial charge < -0.3 is 16.4 Å². The minimum atomic E-state index is -0.265. The number of likely N-dealkylation sites (N-methyl/N-ethyl adjacent to an activating group) is 1. The molecule has 6 heteroatoms. The lowest BCUT2D eigenvalue weighted by Crippen LogP contribution is -2.49. The zero-order valence-corrected chi connectivity index (χ0v) is 11.6. The summed E-state index contributed by atoms with van der Waals surface area (Å²) in [6.45, 7) is 2.61. The zero-order chi connectivity index (χ0) is 13.9. The van der Waals surface area contributed by atoms with E-state index in [9.17, 15) is 9.59 Å². The van der Waals surface area contributed by atoms with E-state index in [0.717, 1.165) is 38.8 Å². The molecule has 0 radical (unpaired) electrons. The molecule has 6 nitrogen and oxygen atoms in total. The Balaban J connectivity index is 1.72. The van der Waals surface area contributed by atoms with Gasteiger partial charge in [0.1, 0.15) is 0 Å². The predicted octanol–water partition coefficient (Wildman–Crippen LogP) is -0.948. The lowest BCUT2D eigenvalue weighted by molar-refractivity contribution is -0.127. The van der Waals surface area contributed by atoms with Crippen LogP contribution >= 0.6 is 0 Å². The Morgan fingerprint density at radius 2 is 1.95 bits per heavy atom. The number of rotatable bonds is 5. The molecule has 19 heavy (non-hydrogen) atoms. The molecular weight excluding hydrogens is 244 g/mol. The molecule has 0 unspecified atom stereocenters. The number of hydrogen-bond donors (Lipinski definition) is 3. The van der Waals surface area contributed by atoms with Gasteiger partial charge in [0.2, 0.25) is 11.8 Å². The lowest BCUT2D eigenvalue weighted by Gasteiger charge is -2.32. The summed E-state index contributed by atoms with van der Waals surface area (Å²) in [7, 11) is 1.65. The number of piperidine rings is 1. The Morgan fingerprint density at radius 3 is 2.42 bits per heavy atom. The van der Waals surface area contributed by atoms with Crippen LogP contribution in [-0.4, -0.2) is 56.0 Å². The molecule has 0 bridgehead atoms. The quantitative estimate of drug-likeness (QED) is 0.600. The van der Waals surface area contributed by atoms with Crippen molar-refractivity contribution in [2.45, 2.75) is 31.7 Å². The first-order valence-corrected chi connectivity index (χ1v) is 7.03. The molecule has 0 atom stereocenters. The third-order valence-electron chi connectivity index (χ3n) is 4.29. The van der Waals surface area contributed by atoms with Crippen LogP contribution in [0.2, 0.25) is 0 Å². The van der Waals surface area contributed by atoms with Crippen molar-refractivity contribution in [1.29, 1.82) is 0 Å². The molecule has 1 heterocycles. The lowest BCUT2D eigenvalue weighted by atomic mass is 10.0. The number of nitrogens with one attached hydrogen (secondary N) is 2. The van der Waals surface area contributed by atoms with Crippen LogP contribution in [0, 0.1) is 5.41 Å². The minimum absolute atomic E-state index is 0.0440. The van der Waals surface area contributed by atoms with Crippen LogP contribution in [0.15, 0.2) is 0 Å². The summed E-state index contributed by atoms with van der Waals surface area (Å²) >= 11 is 0. The van der Waals surface area contributed by atoms with Crippen LogP contribution in [0.1, 0.15) is 25.7 Å². The number of nitrogens with two attached hydrogens (primary N) is 1. The van der Waals surface area contributed by atoms with Gasteiger partial charge in [-0.1, -0.05) is 0 Å². The van der Waals surface area contributed by atoms with E-state index in [4.69, 9.17) is 5.73 Å². The van der Waals surface area contributed by atoms with Crippen LogP contribution in [0.4, 0.5) is 0 Å². The largest absolute Gasteiger partial charge is 0.358 e. The van der Waals surface area contributed by atoms with E-state index in [-0.39, 0.29) is 23.3 Å². The molecular formula is C13H24N4O2. The maximum Gasteiger partial charge on any atom is 0.233 e. The molecule has 1 aliphatic heterocycles. The second-order valence-electron chi connectivity index (χ2n) is 5.68. The molecule has 2 amide bonds. The van der Waals surface area contributed by atoms with Gasteiger partial charge in [-0.15, -0.1) is 0 Å². The first-order valence-electron chi connectivity index (χ1n) is 7.03. The first-order chi connectivity index (χ1) is 9.09. The van der Waals surface area contributed by atoms with Crippen molar-refractivity contribution in [2.75, 3.05) is 33.2 Å². The van der Waals surface area contributed by atoms with Crippen molar-refractivity contribution in [3.63, 3.8) is 0 Å². The number of carbonyl (C=O) groups excluding carboxylic acids is 2. The molecule has 0 aromatic rings. The molecule has 2 aliphatic rings. The Bertz CT molecular complexity index is 347. The van der Waals surface area contributed by atoms with Crippen molar-refractivity contribution >= 4 is 11.8 Å².